The molecule has 0 aliphatic carbocycles. The zero-order valence-electron chi connectivity index (χ0n) is 8.08. The van der Waals surface area contributed by atoms with Crippen LogP contribution in [0, 0.1) is 0 Å². The molecule has 2 N–H and O–H groups in total. The molecule has 0 unspecified atom stereocenters. The first-order valence-electron chi connectivity index (χ1n) is 4.41. The van der Waals surface area contributed by atoms with Gasteiger partial charge in [0.15, 0.2) is 0 Å². The lowest BCUT2D eigenvalue weighted by Crippen LogP contribution is -2.23. The van der Waals surface area contributed by atoms with E-state index in [1.54, 1.807) is 19.2 Å². The summed E-state index contributed by atoms with van der Waals surface area (Å²) in [5, 5.41) is 0. The third kappa shape index (κ3) is 2.96. The van der Waals surface area contributed by atoms with Crippen LogP contribution in [-0.2, 0) is 6.54 Å². The van der Waals surface area contributed by atoms with Gasteiger partial charge in [-0.1, -0.05) is 12.1 Å². The maximum absolute atomic E-state index is 12.1. The second-order valence-electron chi connectivity index (χ2n) is 3.14. The van der Waals surface area contributed by atoms with Crippen LogP contribution in [0.25, 0.3) is 0 Å². The van der Waals surface area contributed by atoms with Gasteiger partial charge in [0.1, 0.15) is 0 Å². The van der Waals surface area contributed by atoms with Crippen molar-refractivity contribution in [2.75, 3.05) is 18.5 Å². The summed E-state index contributed by atoms with van der Waals surface area (Å²) in [6.45, 7) is 0.223. The summed E-state index contributed by atoms with van der Waals surface area (Å²) in [4.78, 5) is 1.52. The largest absolute Gasteiger partial charge is 0.369 e. The van der Waals surface area contributed by atoms with Crippen LogP contribution in [0.15, 0.2) is 24.3 Å². The van der Waals surface area contributed by atoms with Gasteiger partial charge in [-0.25, -0.2) is 8.78 Å². The third-order valence-corrected chi connectivity index (χ3v) is 2.02. The van der Waals surface area contributed by atoms with Crippen LogP contribution in [0.3, 0.4) is 0 Å². The molecule has 0 saturated heterocycles. The molecule has 1 aromatic rings. The predicted molar refractivity (Wildman–Crippen MR) is 53.6 cm³/mol. The monoisotopic (exact) mass is 200 g/mol. The Balaban J connectivity index is 2.66. The molecule has 0 saturated carbocycles. The zero-order chi connectivity index (χ0) is 10.6. The Kier molecular flexibility index (Phi) is 3.83. The quantitative estimate of drug-likeness (QED) is 0.803. The van der Waals surface area contributed by atoms with Crippen molar-refractivity contribution in [3.63, 3.8) is 0 Å². The van der Waals surface area contributed by atoms with Gasteiger partial charge in [-0.2, -0.15) is 0 Å². The SMILES string of the molecule is CN(CC(F)F)c1ccc(CN)cc1. The highest BCUT2D eigenvalue weighted by Crippen LogP contribution is 2.14. The van der Waals surface area contributed by atoms with Crippen LogP contribution >= 0.6 is 0 Å². The van der Waals surface area contributed by atoms with Crippen molar-refractivity contribution in [3.8, 4) is 0 Å². The fourth-order valence-corrected chi connectivity index (χ4v) is 1.20. The van der Waals surface area contributed by atoms with Crippen LogP contribution < -0.4 is 10.6 Å². The molecule has 0 spiro atoms. The van der Waals surface area contributed by atoms with E-state index in [4.69, 9.17) is 5.73 Å². The maximum atomic E-state index is 12.1. The van der Waals surface area contributed by atoms with Crippen LogP contribution in [0.5, 0.6) is 0 Å². The molecular weight excluding hydrogens is 186 g/mol. The van der Waals surface area contributed by atoms with Gasteiger partial charge in [-0.3, -0.25) is 0 Å². The Morgan fingerprint density at radius 1 is 1.29 bits per heavy atom. The highest BCUT2D eigenvalue weighted by Gasteiger charge is 2.07. The molecule has 4 heteroatoms. The normalized spacial score (nSPS) is 10.6. The van der Waals surface area contributed by atoms with E-state index < -0.39 is 6.43 Å². The van der Waals surface area contributed by atoms with Crippen molar-refractivity contribution in [3.05, 3.63) is 29.8 Å². The summed E-state index contributed by atoms with van der Waals surface area (Å²) in [5.74, 6) is 0. The average Bonchev–Trinajstić information content (AvgIpc) is 2.17. The summed E-state index contributed by atoms with van der Waals surface area (Å²) in [6.07, 6.45) is -2.31. The van der Waals surface area contributed by atoms with Crippen molar-refractivity contribution < 1.29 is 8.78 Å². The summed E-state index contributed by atoms with van der Waals surface area (Å²) in [6, 6.07) is 7.28. The molecule has 14 heavy (non-hydrogen) atoms. The molecule has 0 aliphatic rings. The summed E-state index contributed by atoms with van der Waals surface area (Å²) in [7, 11) is 1.64. The Labute approximate surface area is 82.3 Å². The van der Waals surface area contributed by atoms with Gasteiger partial charge in [-0.15, -0.1) is 0 Å². The van der Waals surface area contributed by atoms with Crippen molar-refractivity contribution in [1.29, 1.82) is 0 Å². The van der Waals surface area contributed by atoms with Crippen LogP contribution in [0.2, 0.25) is 0 Å². The molecular formula is C10H14F2N2. The van der Waals surface area contributed by atoms with E-state index in [1.807, 2.05) is 12.1 Å². The number of anilines is 1. The van der Waals surface area contributed by atoms with Gasteiger partial charge in [0.2, 0.25) is 0 Å². The van der Waals surface area contributed by atoms with E-state index in [0.29, 0.717) is 6.54 Å². The Morgan fingerprint density at radius 2 is 1.86 bits per heavy atom. The fourth-order valence-electron chi connectivity index (χ4n) is 1.20. The molecule has 0 atom stereocenters. The number of nitrogens with zero attached hydrogens (tertiary/aromatic N) is 1. The topological polar surface area (TPSA) is 29.3 Å². The standard InChI is InChI=1S/C10H14F2N2/c1-14(7-10(11)12)9-4-2-8(6-13)3-5-9/h2-5,10H,6-7,13H2,1H3. The molecule has 0 aromatic heterocycles. The minimum atomic E-state index is -2.31. The van der Waals surface area contributed by atoms with Crippen molar-refractivity contribution in [2.24, 2.45) is 5.73 Å². The third-order valence-electron chi connectivity index (χ3n) is 2.02. The lowest BCUT2D eigenvalue weighted by Gasteiger charge is -2.18. The van der Waals surface area contributed by atoms with Gasteiger partial charge in [0, 0.05) is 19.3 Å². The number of hydrogen-bond donors (Lipinski definition) is 1. The van der Waals surface area contributed by atoms with Crippen molar-refractivity contribution in [2.45, 2.75) is 13.0 Å². The van der Waals surface area contributed by atoms with Crippen molar-refractivity contribution in [1.82, 2.24) is 0 Å². The lowest BCUT2D eigenvalue weighted by atomic mass is 10.2. The maximum Gasteiger partial charge on any atom is 0.255 e. The molecule has 0 bridgehead atoms. The number of rotatable bonds is 4. The van der Waals surface area contributed by atoms with Crippen molar-refractivity contribution >= 4 is 5.69 Å². The van der Waals surface area contributed by atoms with E-state index in [-0.39, 0.29) is 6.54 Å². The van der Waals surface area contributed by atoms with E-state index in [9.17, 15) is 8.78 Å². The zero-order valence-corrected chi connectivity index (χ0v) is 8.08. The molecule has 2 nitrogen and oxygen atoms in total. The number of halogens is 2. The first-order chi connectivity index (χ1) is 6.63. The van der Waals surface area contributed by atoms with Gasteiger partial charge < -0.3 is 10.6 Å². The average molecular weight is 200 g/mol. The first-order valence-corrected chi connectivity index (χ1v) is 4.41. The summed E-state index contributed by atoms with van der Waals surface area (Å²) >= 11 is 0. The van der Waals surface area contributed by atoms with E-state index >= 15 is 0 Å². The fraction of sp³-hybridized carbons (Fsp3) is 0.400. The van der Waals surface area contributed by atoms with Crippen LogP contribution in [0.1, 0.15) is 5.56 Å². The number of alkyl halides is 2. The molecule has 0 fully saturated rings. The molecule has 78 valence electrons. The molecule has 1 rings (SSSR count). The van der Waals surface area contributed by atoms with Crippen LogP contribution in [-0.4, -0.2) is 20.0 Å². The second-order valence-corrected chi connectivity index (χ2v) is 3.14. The first kappa shape index (κ1) is 10.9. The number of benzene rings is 1. The van der Waals surface area contributed by atoms with E-state index in [2.05, 4.69) is 0 Å². The smallest absolute Gasteiger partial charge is 0.255 e. The Morgan fingerprint density at radius 3 is 2.29 bits per heavy atom. The van der Waals surface area contributed by atoms with Gasteiger partial charge in [0.25, 0.3) is 6.43 Å². The summed E-state index contributed by atoms with van der Waals surface area (Å²) in [5.41, 5.74) is 7.20. The summed E-state index contributed by atoms with van der Waals surface area (Å²) < 4.78 is 24.1. The molecule has 0 radical (unpaired) electrons. The molecule has 0 heterocycles. The number of hydrogen-bond acceptors (Lipinski definition) is 2. The van der Waals surface area contributed by atoms with Gasteiger partial charge in [-0.05, 0) is 17.7 Å². The second kappa shape index (κ2) is 4.91. The molecule has 0 aliphatic heterocycles. The van der Waals surface area contributed by atoms with Crippen LogP contribution in [0.4, 0.5) is 14.5 Å². The number of nitrogens with two attached hydrogens (primary N) is 1. The molecule has 0 amide bonds. The van der Waals surface area contributed by atoms with E-state index in [1.165, 1.54) is 4.90 Å². The minimum absolute atomic E-state index is 0.248. The Hall–Kier alpha value is -1.16. The van der Waals surface area contributed by atoms with Gasteiger partial charge >= 0.3 is 0 Å². The predicted octanol–water partition coefficient (Wildman–Crippen LogP) is 1.85. The highest BCUT2D eigenvalue weighted by atomic mass is 19.3. The highest BCUT2D eigenvalue weighted by molar-refractivity contribution is 5.46. The van der Waals surface area contributed by atoms with E-state index in [0.717, 1.165) is 11.3 Å². The Bertz CT molecular complexity index is 272. The minimum Gasteiger partial charge on any atom is -0.369 e. The lowest BCUT2D eigenvalue weighted by molar-refractivity contribution is 0.156. The molecule has 1 aromatic carbocycles. The van der Waals surface area contributed by atoms with Gasteiger partial charge in [0.05, 0.1) is 6.54 Å².